The molecule has 2 aromatic rings. The number of hydrogen-bond donors (Lipinski definition) is 2. The molecule has 1 aromatic heterocycles. The molecule has 1 aliphatic heterocycles. The standard InChI is InChI=1S/C14H11BrN4O2/c1-20-11-4-10-6(3-9(11)15)2-7-12(17)8(5-16)13(18)19-14(7)21-10/h3-4H,2H2,1H3,(H4,17,18,19). The van der Waals surface area contributed by atoms with Crippen molar-refractivity contribution in [1.29, 1.82) is 5.26 Å². The van der Waals surface area contributed by atoms with E-state index in [1.807, 2.05) is 12.1 Å². The first kappa shape index (κ1) is 13.5. The summed E-state index contributed by atoms with van der Waals surface area (Å²) < 4.78 is 11.8. The maximum atomic E-state index is 9.09. The van der Waals surface area contributed by atoms with Gasteiger partial charge in [-0.3, -0.25) is 0 Å². The third-order valence-electron chi connectivity index (χ3n) is 3.35. The van der Waals surface area contributed by atoms with Crippen molar-refractivity contribution < 1.29 is 9.47 Å². The lowest BCUT2D eigenvalue weighted by atomic mass is 9.99. The average Bonchev–Trinajstić information content (AvgIpc) is 2.46. The van der Waals surface area contributed by atoms with Gasteiger partial charge in [0.2, 0.25) is 5.88 Å². The first-order chi connectivity index (χ1) is 10.0. The van der Waals surface area contributed by atoms with E-state index in [1.54, 1.807) is 13.2 Å². The van der Waals surface area contributed by atoms with E-state index in [1.165, 1.54) is 0 Å². The van der Waals surface area contributed by atoms with Crippen LogP contribution in [0.5, 0.6) is 17.4 Å². The molecule has 4 N–H and O–H groups in total. The molecule has 0 bridgehead atoms. The number of halogens is 1. The number of hydrogen-bond acceptors (Lipinski definition) is 6. The summed E-state index contributed by atoms with van der Waals surface area (Å²) in [5.74, 6) is 1.70. The van der Waals surface area contributed by atoms with Gasteiger partial charge in [-0.2, -0.15) is 10.2 Å². The molecule has 0 radical (unpaired) electrons. The van der Waals surface area contributed by atoms with Gasteiger partial charge in [0.25, 0.3) is 0 Å². The molecular formula is C14H11BrN4O2. The van der Waals surface area contributed by atoms with Crippen LogP contribution in [0.25, 0.3) is 0 Å². The van der Waals surface area contributed by atoms with Crippen LogP contribution < -0.4 is 20.9 Å². The molecule has 0 saturated carbocycles. The van der Waals surface area contributed by atoms with Gasteiger partial charge in [-0.05, 0) is 22.0 Å². The highest BCUT2D eigenvalue weighted by atomic mass is 79.9. The number of nitrogens with zero attached hydrogens (tertiary/aromatic N) is 2. The molecule has 0 unspecified atom stereocenters. The zero-order valence-corrected chi connectivity index (χ0v) is 12.7. The van der Waals surface area contributed by atoms with Crippen LogP contribution in [0.4, 0.5) is 11.5 Å². The fraction of sp³-hybridized carbons (Fsp3) is 0.143. The lowest BCUT2D eigenvalue weighted by molar-refractivity contribution is 0.400. The molecule has 106 valence electrons. The maximum Gasteiger partial charge on any atom is 0.226 e. The van der Waals surface area contributed by atoms with Crippen molar-refractivity contribution in [2.45, 2.75) is 6.42 Å². The highest BCUT2D eigenvalue weighted by Gasteiger charge is 2.25. The third-order valence-corrected chi connectivity index (χ3v) is 3.97. The van der Waals surface area contributed by atoms with Crippen molar-refractivity contribution in [3.63, 3.8) is 0 Å². The number of benzene rings is 1. The Morgan fingerprint density at radius 3 is 2.86 bits per heavy atom. The second-order valence-electron chi connectivity index (χ2n) is 4.55. The molecule has 0 saturated heterocycles. The number of nitrogen functional groups attached to an aromatic ring is 2. The molecule has 0 amide bonds. The Morgan fingerprint density at radius 1 is 1.43 bits per heavy atom. The van der Waals surface area contributed by atoms with Crippen LogP contribution in [0.3, 0.4) is 0 Å². The molecule has 1 aromatic carbocycles. The lowest BCUT2D eigenvalue weighted by Crippen LogP contribution is -2.12. The van der Waals surface area contributed by atoms with Crippen LogP contribution in [0, 0.1) is 11.3 Å². The van der Waals surface area contributed by atoms with Gasteiger partial charge in [0.15, 0.2) is 0 Å². The summed E-state index contributed by atoms with van der Waals surface area (Å²) in [6, 6.07) is 5.64. The first-order valence-corrected chi connectivity index (χ1v) is 6.86. The van der Waals surface area contributed by atoms with Crippen LogP contribution in [0.15, 0.2) is 16.6 Å². The molecule has 0 atom stereocenters. The number of ether oxygens (including phenoxy) is 2. The van der Waals surface area contributed by atoms with Gasteiger partial charge >= 0.3 is 0 Å². The van der Waals surface area contributed by atoms with Crippen molar-refractivity contribution in [2.24, 2.45) is 0 Å². The smallest absolute Gasteiger partial charge is 0.226 e. The number of aromatic nitrogens is 1. The third kappa shape index (κ3) is 2.04. The number of anilines is 2. The number of fused-ring (bicyclic) bond motifs is 2. The van der Waals surface area contributed by atoms with Crippen molar-refractivity contribution in [2.75, 3.05) is 18.6 Å². The van der Waals surface area contributed by atoms with Gasteiger partial charge < -0.3 is 20.9 Å². The van der Waals surface area contributed by atoms with Crippen molar-refractivity contribution in [1.82, 2.24) is 4.98 Å². The fourth-order valence-electron chi connectivity index (χ4n) is 2.27. The Hall–Kier alpha value is -2.46. The number of rotatable bonds is 1. The van der Waals surface area contributed by atoms with Crippen LogP contribution >= 0.6 is 15.9 Å². The van der Waals surface area contributed by atoms with Gasteiger partial charge in [0, 0.05) is 23.6 Å². The molecule has 6 nitrogen and oxygen atoms in total. The minimum absolute atomic E-state index is 0.0706. The monoisotopic (exact) mass is 346 g/mol. The molecule has 2 heterocycles. The normalized spacial score (nSPS) is 11.9. The number of nitrogens with two attached hydrogens (primary N) is 2. The summed E-state index contributed by atoms with van der Waals surface area (Å²) in [6.45, 7) is 0. The van der Waals surface area contributed by atoms with Crippen LogP contribution in [0.2, 0.25) is 0 Å². The molecule has 21 heavy (non-hydrogen) atoms. The topological polar surface area (TPSA) is 107 Å². The molecule has 7 heteroatoms. The summed E-state index contributed by atoms with van der Waals surface area (Å²) in [4.78, 5) is 4.12. The van der Waals surface area contributed by atoms with Crippen LogP contribution in [-0.2, 0) is 6.42 Å². The summed E-state index contributed by atoms with van der Waals surface area (Å²) in [5, 5.41) is 9.09. The number of nitriles is 1. The second-order valence-corrected chi connectivity index (χ2v) is 5.41. The minimum atomic E-state index is 0.0706. The van der Waals surface area contributed by atoms with Gasteiger partial charge in [-0.1, -0.05) is 0 Å². The Kier molecular flexibility index (Phi) is 3.11. The SMILES string of the molecule is COc1cc2c(cc1Br)Cc1c(nc(N)c(C#N)c1N)O2. The van der Waals surface area contributed by atoms with Gasteiger partial charge in [0.1, 0.15) is 28.9 Å². The van der Waals surface area contributed by atoms with E-state index in [2.05, 4.69) is 20.9 Å². The summed E-state index contributed by atoms with van der Waals surface area (Å²) in [7, 11) is 1.58. The highest BCUT2D eigenvalue weighted by Crippen LogP contribution is 2.43. The quantitative estimate of drug-likeness (QED) is 0.701. The average molecular weight is 347 g/mol. The van der Waals surface area contributed by atoms with Crippen molar-refractivity contribution in [3.8, 4) is 23.4 Å². The summed E-state index contributed by atoms with van der Waals surface area (Å²) in [5.41, 5.74) is 13.8. The Bertz CT molecular complexity index is 799. The van der Waals surface area contributed by atoms with Crippen LogP contribution in [0.1, 0.15) is 16.7 Å². The predicted molar refractivity (Wildman–Crippen MR) is 81.4 cm³/mol. The number of pyridine rings is 1. The Morgan fingerprint density at radius 2 is 2.19 bits per heavy atom. The largest absolute Gasteiger partial charge is 0.495 e. The van der Waals surface area contributed by atoms with Crippen molar-refractivity contribution in [3.05, 3.63) is 33.3 Å². The Labute approximate surface area is 129 Å². The van der Waals surface area contributed by atoms with Gasteiger partial charge in [-0.15, -0.1) is 0 Å². The Balaban J connectivity index is 2.15. The molecule has 0 fully saturated rings. The summed E-state index contributed by atoms with van der Waals surface area (Å²) in [6.07, 6.45) is 0.515. The van der Waals surface area contributed by atoms with Crippen LogP contribution in [-0.4, -0.2) is 12.1 Å². The maximum absolute atomic E-state index is 9.09. The molecular weight excluding hydrogens is 336 g/mol. The second kappa shape index (κ2) is 4.82. The lowest BCUT2D eigenvalue weighted by Gasteiger charge is -2.22. The van der Waals surface area contributed by atoms with Gasteiger partial charge in [-0.25, -0.2) is 0 Å². The fourth-order valence-corrected chi connectivity index (χ4v) is 2.82. The van der Waals surface area contributed by atoms with E-state index in [0.29, 0.717) is 35.1 Å². The first-order valence-electron chi connectivity index (χ1n) is 6.07. The molecule has 3 rings (SSSR count). The van der Waals surface area contributed by atoms with E-state index in [4.69, 9.17) is 26.2 Å². The van der Waals surface area contributed by atoms with E-state index >= 15 is 0 Å². The molecule has 0 aliphatic carbocycles. The van der Waals surface area contributed by atoms with E-state index in [9.17, 15) is 0 Å². The van der Waals surface area contributed by atoms with E-state index in [-0.39, 0.29) is 11.4 Å². The summed E-state index contributed by atoms with van der Waals surface area (Å²) >= 11 is 3.43. The molecule has 1 aliphatic rings. The highest BCUT2D eigenvalue weighted by molar-refractivity contribution is 9.10. The van der Waals surface area contributed by atoms with E-state index < -0.39 is 0 Å². The molecule has 0 spiro atoms. The predicted octanol–water partition coefficient (Wildman–Crippen LogP) is 2.59. The zero-order valence-electron chi connectivity index (χ0n) is 11.1. The zero-order chi connectivity index (χ0) is 15.1. The van der Waals surface area contributed by atoms with Crippen molar-refractivity contribution >= 4 is 27.4 Å². The minimum Gasteiger partial charge on any atom is -0.495 e. The number of methoxy groups -OCH3 is 1. The van der Waals surface area contributed by atoms with Gasteiger partial charge in [0.05, 0.1) is 17.3 Å². The van der Waals surface area contributed by atoms with E-state index in [0.717, 1.165) is 10.0 Å².